The van der Waals surface area contributed by atoms with Gasteiger partial charge >= 0.3 is 0 Å². The Morgan fingerprint density at radius 2 is 1.89 bits per heavy atom. The quantitative estimate of drug-likeness (QED) is 0.882. The SMILES string of the molecule is O=C(NCC1CCOC2(CCN(C(=O)c3ccoc3)CC2)C1)c1ccccc1. The van der Waals surface area contributed by atoms with Crippen LogP contribution >= 0.6 is 0 Å². The number of carbonyl (C=O) groups is 2. The Morgan fingerprint density at radius 1 is 1.11 bits per heavy atom. The predicted molar refractivity (Wildman–Crippen MR) is 104 cm³/mol. The molecule has 6 nitrogen and oxygen atoms in total. The highest BCUT2D eigenvalue weighted by molar-refractivity contribution is 5.94. The number of carbonyl (C=O) groups excluding carboxylic acids is 2. The van der Waals surface area contributed by atoms with E-state index in [1.807, 2.05) is 35.2 Å². The summed E-state index contributed by atoms with van der Waals surface area (Å²) in [4.78, 5) is 26.7. The summed E-state index contributed by atoms with van der Waals surface area (Å²) < 4.78 is 11.2. The molecule has 3 heterocycles. The highest BCUT2D eigenvalue weighted by Gasteiger charge is 2.41. The lowest BCUT2D eigenvalue weighted by molar-refractivity contribution is -0.122. The Bertz CT molecular complexity index is 795. The molecule has 0 aliphatic carbocycles. The van der Waals surface area contributed by atoms with Gasteiger partial charge in [0.1, 0.15) is 6.26 Å². The monoisotopic (exact) mass is 382 g/mol. The smallest absolute Gasteiger partial charge is 0.257 e. The van der Waals surface area contributed by atoms with Gasteiger partial charge in [0, 0.05) is 31.8 Å². The van der Waals surface area contributed by atoms with Crippen molar-refractivity contribution in [1.82, 2.24) is 10.2 Å². The van der Waals surface area contributed by atoms with Crippen LogP contribution < -0.4 is 5.32 Å². The number of amides is 2. The Balaban J connectivity index is 1.29. The first-order valence-corrected chi connectivity index (χ1v) is 9.94. The van der Waals surface area contributed by atoms with Crippen molar-refractivity contribution in [2.75, 3.05) is 26.2 Å². The fourth-order valence-corrected chi connectivity index (χ4v) is 4.27. The Hall–Kier alpha value is -2.60. The minimum absolute atomic E-state index is 0.0195. The van der Waals surface area contributed by atoms with Gasteiger partial charge in [0.2, 0.25) is 0 Å². The van der Waals surface area contributed by atoms with Crippen LogP contribution in [0.2, 0.25) is 0 Å². The molecule has 148 valence electrons. The molecule has 4 rings (SSSR count). The summed E-state index contributed by atoms with van der Waals surface area (Å²) >= 11 is 0. The third kappa shape index (κ3) is 4.12. The van der Waals surface area contributed by atoms with E-state index in [9.17, 15) is 9.59 Å². The first kappa shape index (κ1) is 18.7. The lowest BCUT2D eigenvalue weighted by Gasteiger charge is -2.46. The van der Waals surface area contributed by atoms with Crippen LogP contribution in [0, 0.1) is 5.92 Å². The van der Waals surface area contributed by atoms with Crippen LogP contribution in [0.3, 0.4) is 0 Å². The van der Waals surface area contributed by atoms with Crippen molar-refractivity contribution >= 4 is 11.8 Å². The average Bonchev–Trinajstić information content (AvgIpc) is 3.28. The summed E-state index contributed by atoms with van der Waals surface area (Å²) in [5, 5.41) is 3.07. The summed E-state index contributed by atoms with van der Waals surface area (Å²) in [6.45, 7) is 2.75. The number of furan rings is 1. The lowest BCUT2D eigenvalue weighted by Crippen LogP contribution is -2.51. The van der Waals surface area contributed by atoms with E-state index < -0.39 is 0 Å². The normalized spacial score (nSPS) is 21.4. The van der Waals surface area contributed by atoms with E-state index in [1.54, 1.807) is 6.07 Å². The molecule has 0 saturated carbocycles. The molecule has 1 atom stereocenters. The molecule has 6 heteroatoms. The predicted octanol–water partition coefficient (Wildman–Crippen LogP) is 3.11. The maximum atomic E-state index is 12.5. The number of benzene rings is 1. The van der Waals surface area contributed by atoms with Gasteiger partial charge < -0.3 is 19.4 Å². The highest BCUT2D eigenvalue weighted by atomic mass is 16.5. The van der Waals surface area contributed by atoms with E-state index in [0.29, 0.717) is 43.3 Å². The second-order valence-electron chi connectivity index (χ2n) is 7.77. The zero-order chi connectivity index (χ0) is 19.4. The molecule has 1 aromatic heterocycles. The van der Waals surface area contributed by atoms with E-state index in [2.05, 4.69) is 5.32 Å². The van der Waals surface area contributed by atoms with Gasteiger partial charge in [-0.2, -0.15) is 0 Å². The van der Waals surface area contributed by atoms with Gasteiger partial charge in [-0.25, -0.2) is 0 Å². The third-order valence-corrected chi connectivity index (χ3v) is 5.91. The van der Waals surface area contributed by atoms with Gasteiger partial charge in [0.15, 0.2) is 0 Å². The summed E-state index contributed by atoms with van der Waals surface area (Å²) in [6.07, 6.45) is 6.57. The molecule has 1 unspecified atom stereocenters. The molecule has 2 aromatic rings. The van der Waals surface area contributed by atoms with E-state index in [1.165, 1.54) is 12.5 Å². The Labute approximate surface area is 164 Å². The van der Waals surface area contributed by atoms with Gasteiger partial charge in [-0.3, -0.25) is 9.59 Å². The molecular weight excluding hydrogens is 356 g/mol. The molecule has 1 spiro atoms. The van der Waals surface area contributed by atoms with Crippen molar-refractivity contribution in [3.8, 4) is 0 Å². The molecule has 2 fully saturated rings. The second kappa shape index (κ2) is 8.19. The maximum absolute atomic E-state index is 12.5. The number of hydrogen-bond acceptors (Lipinski definition) is 4. The maximum Gasteiger partial charge on any atom is 0.257 e. The largest absolute Gasteiger partial charge is 0.472 e. The summed E-state index contributed by atoms with van der Waals surface area (Å²) in [5.41, 5.74) is 1.12. The molecule has 2 aliphatic heterocycles. The number of nitrogens with zero attached hydrogens (tertiary/aromatic N) is 1. The van der Waals surface area contributed by atoms with Crippen LogP contribution in [-0.2, 0) is 4.74 Å². The van der Waals surface area contributed by atoms with Crippen LogP contribution in [0.5, 0.6) is 0 Å². The molecule has 0 bridgehead atoms. The van der Waals surface area contributed by atoms with Crippen molar-refractivity contribution in [2.45, 2.75) is 31.3 Å². The molecule has 2 aliphatic rings. The fourth-order valence-electron chi connectivity index (χ4n) is 4.27. The Kier molecular flexibility index (Phi) is 5.48. The number of piperidine rings is 1. The topological polar surface area (TPSA) is 71.8 Å². The van der Waals surface area contributed by atoms with Crippen molar-refractivity contribution in [1.29, 1.82) is 0 Å². The van der Waals surface area contributed by atoms with Crippen LogP contribution in [0.25, 0.3) is 0 Å². The second-order valence-corrected chi connectivity index (χ2v) is 7.77. The average molecular weight is 382 g/mol. The van der Waals surface area contributed by atoms with Crippen LogP contribution in [-0.4, -0.2) is 48.6 Å². The van der Waals surface area contributed by atoms with Crippen molar-refractivity contribution < 1.29 is 18.7 Å². The van der Waals surface area contributed by atoms with Gasteiger partial charge in [-0.15, -0.1) is 0 Å². The molecule has 1 aromatic carbocycles. The van der Waals surface area contributed by atoms with Crippen molar-refractivity contribution in [3.63, 3.8) is 0 Å². The van der Waals surface area contributed by atoms with Crippen LogP contribution in [0.1, 0.15) is 46.4 Å². The summed E-state index contributed by atoms with van der Waals surface area (Å²) in [5.74, 6) is 0.394. The molecule has 2 saturated heterocycles. The first-order valence-electron chi connectivity index (χ1n) is 9.94. The molecule has 0 radical (unpaired) electrons. The van der Waals surface area contributed by atoms with E-state index >= 15 is 0 Å². The summed E-state index contributed by atoms with van der Waals surface area (Å²) in [6, 6.07) is 11.0. The molecule has 2 amide bonds. The molecule has 1 N–H and O–H groups in total. The van der Waals surface area contributed by atoms with Crippen molar-refractivity contribution in [2.24, 2.45) is 5.92 Å². The zero-order valence-electron chi connectivity index (χ0n) is 15.9. The zero-order valence-corrected chi connectivity index (χ0v) is 15.9. The first-order chi connectivity index (χ1) is 13.7. The standard InChI is InChI=1S/C22H26N2O4/c25-20(18-4-2-1-3-5-18)23-15-17-6-13-28-22(14-17)8-10-24(11-9-22)21(26)19-7-12-27-16-19/h1-5,7,12,16-17H,6,8-11,13-15H2,(H,23,25). The fraction of sp³-hybridized carbons (Fsp3) is 0.455. The van der Waals surface area contributed by atoms with Crippen LogP contribution in [0.15, 0.2) is 53.3 Å². The number of hydrogen-bond donors (Lipinski definition) is 1. The van der Waals surface area contributed by atoms with E-state index in [4.69, 9.17) is 9.15 Å². The third-order valence-electron chi connectivity index (χ3n) is 5.91. The Morgan fingerprint density at radius 3 is 2.61 bits per heavy atom. The van der Waals surface area contributed by atoms with Gasteiger partial charge in [-0.1, -0.05) is 18.2 Å². The number of rotatable bonds is 4. The molecule has 28 heavy (non-hydrogen) atoms. The van der Waals surface area contributed by atoms with Gasteiger partial charge in [-0.05, 0) is 49.8 Å². The van der Waals surface area contributed by atoms with Crippen molar-refractivity contribution in [3.05, 3.63) is 60.1 Å². The minimum Gasteiger partial charge on any atom is -0.472 e. The number of likely N-dealkylation sites (tertiary alicyclic amines) is 1. The number of nitrogens with one attached hydrogen (secondary N) is 1. The summed E-state index contributed by atoms with van der Waals surface area (Å²) in [7, 11) is 0. The molecular formula is C22H26N2O4. The van der Waals surface area contributed by atoms with E-state index in [-0.39, 0.29) is 17.4 Å². The van der Waals surface area contributed by atoms with Gasteiger partial charge in [0.05, 0.1) is 17.4 Å². The minimum atomic E-state index is -0.173. The highest BCUT2D eigenvalue weighted by Crippen LogP contribution is 2.37. The number of ether oxygens (including phenoxy) is 1. The van der Waals surface area contributed by atoms with Gasteiger partial charge in [0.25, 0.3) is 11.8 Å². The van der Waals surface area contributed by atoms with E-state index in [0.717, 1.165) is 25.7 Å². The lowest BCUT2D eigenvalue weighted by atomic mass is 9.79. The van der Waals surface area contributed by atoms with Crippen LogP contribution in [0.4, 0.5) is 0 Å².